The van der Waals surface area contributed by atoms with Crippen LogP contribution in [0.4, 0.5) is 0 Å². The van der Waals surface area contributed by atoms with E-state index in [0.29, 0.717) is 16.1 Å². The third-order valence-corrected chi connectivity index (χ3v) is 3.87. The summed E-state index contributed by atoms with van der Waals surface area (Å²) in [6.07, 6.45) is 5.96. The average Bonchev–Trinajstić information content (AvgIpc) is 2.91. The largest absolute Gasteiger partial charge is 0.386 e. The Morgan fingerprint density at radius 3 is 2.80 bits per heavy atom. The molecule has 2 rings (SSSR count). The van der Waals surface area contributed by atoms with Gasteiger partial charge in [0.1, 0.15) is 0 Å². The molecular formula is C14H16Cl2N2O2. The normalized spacial score (nSPS) is 15.7. The lowest BCUT2D eigenvalue weighted by molar-refractivity contribution is -0.126. The van der Waals surface area contributed by atoms with Crippen LogP contribution in [0.5, 0.6) is 0 Å². The first-order valence-electron chi connectivity index (χ1n) is 6.55. The summed E-state index contributed by atoms with van der Waals surface area (Å²) in [5.41, 5.74) is 0.760. The predicted octanol–water partition coefficient (Wildman–Crippen LogP) is 3.40. The van der Waals surface area contributed by atoms with Gasteiger partial charge in [-0.05, 0) is 30.5 Å². The van der Waals surface area contributed by atoms with E-state index in [4.69, 9.17) is 28.0 Å². The highest BCUT2D eigenvalue weighted by Gasteiger charge is 2.16. The Morgan fingerprint density at radius 2 is 2.10 bits per heavy atom. The van der Waals surface area contributed by atoms with E-state index >= 15 is 0 Å². The molecule has 1 N–H and O–H groups in total. The Kier molecular flexibility index (Phi) is 5.68. The summed E-state index contributed by atoms with van der Waals surface area (Å²) in [4.78, 5) is 16.5. The quantitative estimate of drug-likeness (QED) is 0.669. The zero-order valence-electron chi connectivity index (χ0n) is 10.9. The van der Waals surface area contributed by atoms with Crippen molar-refractivity contribution >= 4 is 35.3 Å². The lowest BCUT2D eigenvalue weighted by atomic mass is 10.2. The van der Waals surface area contributed by atoms with Crippen molar-refractivity contribution in [2.45, 2.75) is 31.7 Å². The molecule has 1 aromatic rings. The van der Waals surface area contributed by atoms with Crippen molar-refractivity contribution in [1.29, 1.82) is 0 Å². The summed E-state index contributed by atoms with van der Waals surface area (Å²) >= 11 is 11.7. The van der Waals surface area contributed by atoms with Crippen LogP contribution >= 0.6 is 23.2 Å². The molecule has 0 heterocycles. The molecule has 1 amide bonds. The van der Waals surface area contributed by atoms with E-state index in [-0.39, 0.29) is 12.5 Å². The maximum atomic E-state index is 11.6. The van der Waals surface area contributed by atoms with Crippen molar-refractivity contribution in [3.63, 3.8) is 0 Å². The number of benzene rings is 1. The molecule has 0 spiro atoms. The number of rotatable bonds is 5. The van der Waals surface area contributed by atoms with Gasteiger partial charge in [0, 0.05) is 6.04 Å². The molecule has 108 valence electrons. The molecule has 0 radical (unpaired) electrons. The molecule has 1 aliphatic carbocycles. The molecule has 1 saturated carbocycles. The van der Waals surface area contributed by atoms with E-state index < -0.39 is 0 Å². The van der Waals surface area contributed by atoms with Crippen LogP contribution in [0, 0.1) is 0 Å². The van der Waals surface area contributed by atoms with Gasteiger partial charge in [0.05, 0.1) is 16.3 Å². The highest BCUT2D eigenvalue weighted by Crippen LogP contribution is 2.21. The number of hydrogen-bond acceptors (Lipinski definition) is 3. The highest BCUT2D eigenvalue weighted by atomic mass is 35.5. The van der Waals surface area contributed by atoms with Gasteiger partial charge >= 0.3 is 0 Å². The van der Waals surface area contributed by atoms with Gasteiger partial charge in [-0.1, -0.05) is 47.3 Å². The Bertz CT molecular complexity index is 500. The number of nitrogens with zero attached hydrogens (tertiary/aromatic N) is 1. The zero-order valence-corrected chi connectivity index (χ0v) is 12.5. The Morgan fingerprint density at radius 1 is 1.35 bits per heavy atom. The fourth-order valence-corrected chi connectivity index (χ4v) is 2.43. The van der Waals surface area contributed by atoms with Gasteiger partial charge in [0.2, 0.25) is 0 Å². The smallest absolute Gasteiger partial charge is 0.260 e. The number of carbonyl (C=O) groups excluding carboxylic acids is 1. The maximum absolute atomic E-state index is 11.6. The summed E-state index contributed by atoms with van der Waals surface area (Å²) in [7, 11) is 0. The van der Waals surface area contributed by atoms with Gasteiger partial charge < -0.3 is 10.2 Å². The second-order valence-corrected chi connectivity index (χ2v) is 5.54. The van der Waals surface area contributed by atoms with Crippen LogP contribution in [0.1, 0.15) is 31.2 Å². The number of nitrogens with one attached hydrogen (secondary N) is 1. The van der Waals surface area contributed by atoms with Crippen LogP contribution in [0.3, 0.4) is 0 Å². The Labute approximate surface area is 128 Å². The standard InChI is InChI=1S/C14H16Cl2N2O2/c15-12-6-5-10(7-13(12)16)8-17-20-9-14(19)18-11-3-1-2-4-11/h5-8,11H,1-4,9H2,(H,18,19)/b17-8+. The van der Waals surface area contributed by atoms with E-state index in [1.165, 1.54) is 19.1 Å². The molecule has 0 bridgehead atoms. The highest BCUT2D eigenvalue weighted by molar-refractivity contribution is 6.42. The first-order valence-corrected chi connectivity index (χ1v) is 7.30. The SMILES string of the molecule is O=C(CO/N=C/c1ccc(Cl)c(Cl)c1)NC1CCCC1. The monoisotopic (exact) mass is 314 g/mol. The minimum absolute atomic E-state index is 0.0751. The van der Waals surface area contributed by atoms with Crippen LogP contribution in [-0.2, 0) is 9.63 Å². The number of carbonyl (C=O) groups is 1. The van der Waals surface area contributed by atoms with Crippen LogP contribution in [0.15, 0.2) is 23.4 Å². The molecule has 0 saturated heterocycles. The van der Waals surface area contributed by atoms with Gasteiger partial charge in [-0.3, -0.25) is 4.79 Å². The average molecular weight is 315 g/mol. The first kappa shape index (κ1) is 15.1. The number of hydrogen-bond donors (Lipinski definition) is 1. The summed E-state index contributed by atoms with van der Waals surface area (Å²) in [6, 6.07) is 5.41. The molecule has 6 heteroatoms. The molecular weight excluding hydrogens is 299 g/mol. The third kappa shape index (κ3) is 4.69. The molecule has 20 heavy (non-hydrogen) atoms. The molecule has 1 fully saturated rings. The van der Waals surface area contributed by atoms with Gasteiger partial charge in [-0.2, -0.15) is 0 Å². The van der Waals surface area contributed by atoms with Gasteiger partial charge in [-0.25, -0.2) is 0 Å². The van der Waals surface area contributed by atoms with E-state index in [1.807, 2.05) is 0 Å². The fourth-order valence-electron chi connectivity index (χ4n) is 2.13. The zero-order chi connectivity index (χ0) is 14.4. The molecule has 4 nitrogen and oxygen atoms in total. The van der Waals surface area contributed by atoms with Gasteiger partial charge in [0.25, 0.3) is 5.91 Å². The summed E-state index contributed by atoms with van der Waals surface area (Å²) in [5, 5.41) is 7.60. The minimum Gasteiger partial charge on any atom is -0.386 e. The number of halogens is 2. The van der Waals surface area contributed by atoms with E-state index in [0.717, 1.165) is 18.4 Å². The lowest BCUT2D eigenvalue weighted by Crippen LogP contribution is -2.34. The first-order chi connectivity index (χ1) is 9.65. The molecule has 1 aromatic carbocycles. The van der Waals surface area contributed by atoms with Crippen LogP contribution in [0.25, 0.3) is 0 Å². The van der Waals surface area contributed by atoms with Crippen molar-refractivity contribution in [2.75, 3.05) is 6.61 Å². The molecule has 0 aliphatic heterocycles. The molecule has 0 unspecified atom stereocenters. The Balaban J connectivity index is 1.72. The third-order valence-electron chi connectivity index (χ3n) is 3.14. The summed E-state index contributed by atoms with van der Waals surface area (Å²) < 4.78 is 0. The Hall–Kier alpha value is -1.26. The number of oxime groups is 1. The fraction of sp³-hybridized carbons (Fsp3) is 0.429. The summed E-state index contributed by atoms with van der Waals surface area (Å²) in [5.74, 6) is -0.136. The van der Waals surface area contributed by atoms with E-state index in [2.05, 4.69) is 10.5 Å². The van der Waals surface area contributed by atoms with E-state index in [9.17, 15) is 4.79 Å². The van der Waals surface area contributed by atoms with Crippen molar-refractivity contribution < 1.29 is 9.63 Å². The molecule has 1 aliphatic rings. The maximum Gasteiger partial charge on any atom is 0.260 e. The van der Waals surface area contributed by atoms with Crippen molar-refractivity contribution in [3.8, 4) is 0 Å². The topological polar surface area (TPSA) is 50.7 Å². The molecule has 0 aromatic heterocycles. The minimum atomic E-state index is -0.136. The number of amides is 1. The van der Waals surface area contributed by atoms with Gasteiger partial charge in [-0.15, -0.1) is 0 Å². The van der Waals surface area contributed by atoms with Crippen molar-refractivity contribution in [3.05, 3.63) is 33.8 Å². The lowest BCUT2D eigenvalue weighted by Gasteiger charge is -2.10. The predicted molar refractivity (Wildman–Crippen MR) is 80.4 cm³/mol. The summed E-state index contributed by atoms with van der Waals surface area (Å²) in [6.45, 7) is -0.0751. The van der Waals surface area contributed by atoms with Crippen LogP contribution in [-0.4, -0.2) is 24.8 Å². The second kappa shape index (κ2) is 7.50. The second-order valence-electron chi connectivity index (χ2n) is 4.73. The van der Waals surface area contributed by atoms with Gasteiger partial charge in [0.15, 0.2) is 6.61 Å². The van der Waals surface area contributed by atoms with Crippen LogP contribution < -0.4 is 5.32 Å². The van der Waals surface area contributed by atoms with Crippen molar-refractivity contribution in [2.24, 2.45) is 5.16 Å². The van der Waals surface area contributed by atoms with Crippen LogP contribution in [0.2, 0.25) is 10.0 Å². The van der Waals surface area contributed by atoms with E-state index in [1.54, 1.807) is 18.2 Å². The molecule has 0 atom stereocenters. The van der Waals surface area contributed by atoms with Crippen molar-refractivity contribution in [1.82, 2.24) is 5.32 Å².